The van der Waals surface area contributed by atoms with Gasteiger partial charge in [-0.3, -0.25) is 19.7 Å². The lowest BCUT2D eigenvalue weighted by atomic mass is 10.1. The highest BCUT2D eigenvalue weighted by molar-refractivity contribution is 7.23. The summed E-state index contributed by atoms with van der Waals surface area (Å²) >= 11 is 7.88. The topological polar surface area (TPSA) is 62.2 Å². The van der Waals surface area contributed by atoms with Gasteiger partial charge in [0, 0.05) is 31.0 Å². The third-order valence-corrected chi connectivity index (χ3v) is 6.95. The molecule has 4 rings (SSSR count). The first kappa shape index (κ1) is 21.6. The summed E-state index contributed by atoms with van der Waals surface area (Å²) in [5, 5.41) is 1.31. The Morgan fingerprint density at radius 3 is 2.48 bits per heavy atom. The molecule has 2 heterocycles. The molecule has 0 N–H and O–H groups in total. The van der Waals surface area contributed by atoms with Crippen LogP contribution in [0.4, 0.5) is 5.13 Å². The molecule has 8 heteroatoms. The van der Waals surface area contributed by atoms with Crippen LogP contribution < -0.4 is 4.90 Å². The van der Waals surface area contributed by atoms with E-state index in [0.29, 0.717) is 27.8 Å². The fourth-order valence-electron chi connectivity index (χ4n) is 3.52. The molecular weight excluding hydrogens is 430 g/mol. The van der Waals surface area contributed by atoms with E-state index in [1.54, 1.807) is 29.4 Å². The van der Waals surface area contributed by atoms with Gasteiger partial charge in [0.15, 0.2) is 5.13 Å². The second-order valence-electron chi connectivity index (χ2n) is 7.28. The molecule has 2 aromatic carbocycles. The van der Waals surface area contributed by atoms with E-state index < -0.39 is 0 Å². The number of anilines is 1. The van der Waals surface area contributed by atoms with Crippen molar-refractivity contribution in [3.05, 3.63) is 58.9 Å². The number of nitrogens with zero attached hydrogens (tertiary/aromatic N) is 5. The van der Waals surface area contributed by atoms with Gasteiger partial charge in [-0.25, -0.2) is 4.98 Å². The number of aryl methyl sites for hydroxylation is 1. The van der Waals surface area contributed by atoms with E-state index in [-0.39, 0.29) is 5.91 Å². The van der Waals surface area contributed by atoms with Gasteiger partial charge in [0.1, 0.15) is 0 Å². The van der Waals surface area contributed by atoms with E-state index in [1.807, 2.05) is 25.1 Å². The van der Waals surface area contributed by atoms with Gasteiger partial charge in [0.05, 0.1) is 26.3 Å². The molecule has 2 aromatic heterocycles. The molecule has 6 nitrogen and oxygen atoms in total. The van der Waals surface area contributed by atoms with Crippen molar-refractivity contribution in [1.29, 1.82) is 0 Å². The Balaban J connectivity index is 1.75. The highest BCUT2D eigenvalue weighted by Crippen LogP contribution is 2.36. The first-order valence-corrected chi connectivity index (χ1v) is 11.5. The van der Waals surface area contributed by atoms with Gasteiger partial charge in [-0.15, -0.1) is 0 Å². The molecule has 4 aromatic rings. The second-order valence-corrected chi connectivity index (χ2v) is 8.67. The molecule has 0 bridgehead atoms. The lowest BCUT2D eigenvalue weighted by molar-refractivity contribution is 0.0984. The number of halogens is 1. The summed E-state index contributed by atoms with van der Waals surface area (Å²) in [5.41, 5.74) is 3.91. The zero-order chi connectivity index (χ0) is 22.0. The van der Waals surface area contributed by atoms with Crippen LogP contribution in [0, 0.1) is 6.92 Å². The minimum atomic E-state index is -0.104. The molecular formula is C23H24ClN5OS. The van der Waals surface area contributed by atoms with Gasteiger partial charge in [-0.05, 0) is 49.8 Å². The number of hydrogen-bond acceptors (Lipinski definition) is 6. The molecule has 0 radical (unpaired) electrons. The van der Waals surface area contributed by atoms with Gasteiger partial charge in [0.2, 0.25) is 0 Å². The Morgan fingerprint density at radius 2 is 1.77 bits per heavy atom. The van der Waals surface area contributed by atoms with Gasteiger partial charge < -0.3 is 4.90 Å². The lowest BCUT2D eigenvalue weighted by Gasteiger charge is -2.24. The van der Waals surface area contributed by atoms with Crippen molar-refractivity contribution in [2.24, 2.45) is 0 Å². The maximum absolute atomic E-state index is 13.6. The standard InChI is InChI=1S/C23H24ClN5OS/c1-4-28(5-2)12-13-29(23-27-20-15(3)6-8-17(24)21(20)31-23)22(30)16-7-9-18-19(14-16)26-11-10-25-18/h6-11,14H,4-5,12-13H2,1-3H3. The van der Waals surface area contributed by atoms with E-state index >= 15 is 0 Å². The van der Waals surface area contributed by atoms with Crippen LogP contribution in [0.2, 0.25) is 5.02 Å². The number of amides is 1. The number of hydrogen-bond donors (Lipinski definition) is 0. The Hall–Kier alpha value is -2.61. The van der Waals surface area contributed by atoms with E-state index in [0.717, 1.165) is 40.9 Å². The Labute approximate surface area is 190 Å². The van der Waals surface area contributed by atoms with Crippen molar-refractivity contribution >= 4 is 55.2 Å². The monoisotopic (exact) mass is 453 g/mol. The number of rotatable bonds is 7. The second kappa shape index (κ2) is 9.26. The van der Waals surface area contributed by atoms with E-state index in [2.05, 4.69) is 28.7 Å². The van der Waals surface area contributed by atoms with Crippen LogP contribution in [0.25, 0.3) is 21.3 Å². The highest BCUT2D eigenvalue weighted by atomic mass is 35.5. The summed E-state index contributed by atoms with van der Waals surface area (Å²) in [6, 6.07) is 9.26. The van der Waals surface area contributed by atoms with Crippen molar-refractivity contribution in [2.75, 3.05) is 31.1 Å². The number of aromatic nitrogens is 3. The molecule has 0 unspecified atom stereocenters. The average molecular weight is 454 g/mol. The van der Waals surface area contributed by atoms with Gasteiger partial charge in [-0.1, -0.05) is 42.9 Å². The molecule has 31 heavy (non-hydrogen) atoms. The molecule has 0 saturated carbocycles. The summed E-state index contributed by atoms with van der Waals surface area (Å²) in [6.45, 7) is 9.40. The third kappa shape index (κ3) is 4.39. The molecule has 0 aliphatic heterocycles. The highest BCUT2D eigenvalue weighted by Gasteiger charge is 2.23. The summed E-state index contributed by atoms with van der Waals surface area (Å²) in [7, 11) is 0. The number of fused-ring (bicyclic) bond motifs is 2. The van der Waals surface area contributed by atoms with Crippen LogP contribution in [0.15, 0.2) is 42.7 Å². The lowest BCUT2D eigenvalue weighted by Crippen LogP contribution is -2.38. The summed E-state index contributed by atoms with van der Waals surface area (Å²) in [4.78, 5) is 31.1. The summed E-state index contributed by atoms with van der Waals surface area (Å²) in [6.07, 6.45) is 3.28. The Kier molecular flexibility index (Phi) is 6.46. The smallest absolute Gasteiger partial charge is 0.260 e. The normalized spacial score (nSPS) is 11.5. The van der Waals surface area contributed by atoms with Crippen LogP contribution in [0.5, 0.6) is 0 Å². The predicted molar refractivity (Wildman–Crippen MR) is 128 cm³/mol. The number of carbonyl (C=O) groups excluding carboxylic acids is 1. The number of thiazole rings is 1. The molecule has 0 atom stereocenters. The number of benzene rings is 2. The van der Waals surface area contributed by atoms with E-state index in [1.165, 1.54) is 11.3 Å². The fourth-order valence-corrected chi connectivity index (χ4v) is 4.86. The first-order chi connectivity index (χ1) is 15.0. The summed E-state index contributed by atoms with van der Waals surface area (Å²) < 4.78 is 0.904. The van der Waals surface area contributed by atoms with Gasteiger partial charge >= 0.3 is 0 Å². The van der Waals surface area contributed by atoms with E-state index in [9.17, 15) is 4.79 Å². The van der Waals surface area contributed by atoms with Crippen LogP contribution in [0.3, 0.4) is 0 Å². The van der Waals surface area contributed by atoms with Crippen molar-refractivity contribution in [2.45, 2.75) is 20.8 Å². The van der Waals surface area contributed by atoms with Crippen molar-refractivity contribution in [3.63, 3.8) is 0 Å². The number of likely N-dealkylation sites (N-methyl/N-ethyl adjacent to an activating group) is 1. The summed E-state index contributed by atoms with van der Waals surface area (Å²) in [5.74, 6) is -0.104. The van der Waals surface area contributed by atoms with Crippen LogP contribution in [-0.2, 0) is 0 Å². The fraction of sp³-hybridized carbons (Fsp3) is 0.304. The molecule has 0 spiro atoms. The SMILES string of the molecule is CCN(CC)CCN(C(=O)c1ccc2nccnc2c1)c1nc2c(C)ccc(Cl)c2s1. The zero-order valence-electron chi connectivity index (χ0n) is 17.8. The Bertz CT molecular complexity index is 1200. The molecule has 0 fully saturated rings. The van der Waals surface area contributed by atoms with Crippen LogP contribution in [0.1, 0.15) is 29.8 Å². The van der Waals surface area contributed by atoms with Crippen molar-refractivity contribution in [3.8, 4) is 0 Å². The van der Waals surface area contributed by atoms with Crippen molar-refractivity contribution in [1.82, 2.24) is 19.9 Å². The molecule has 0 aliphatic carbocycles. The maximum Gasteiger partial charge on any atom is 0.260 e. The Morgan fingerprint density at radius 1 is 1.03 bits per heavy atom. The number of carbonyl (C=O) groups is 1. The van der Waals surface area contributed by atoms with E-state index in [4.69, 9.17) is 16.6 Å². The third-order valence-electron chi connectivity index (χ3n) is 5.41. The molecule has 1 amide bonds. The van der Waals surface area contributed by atoms with Gasteiger partial charge in [-0.2, -0.15) is 0 Å². The molecule has 0 saturated heterocycles. The quantitative estimate of drug-likeness (QED) is 0.385. The van der Waals surface area contributed by atoms with Crippen LogP contribution >= 0.6 is 22.9 Å². The maximum atomic E-state index is 13.6. The van der Waals surface area contributed by atoms with Gasteiger partial charge in [0.25, 0.3) is 5.91 Å². The predicted octanol–water partition coefficient (Wildman–Crippen LogP) is 5.19. The zero-order valence-corrected chi connectivity index (χ0v) is 19.4. The van der Waals surface area contributed by atoms with Crippen molar-refractivity contribution < 1.29 is 4.79 Å². The molecule has 160 valence electrons. The first-order valence-electron chi connectivity index (χ1n) is 10.3. The minimum absolute atomic E-state index is 0.104. The average Bonchev–Trinajstić information content (AvgIpc) is 3.25. The van der Waals surface area contributed by atoms with Crippen LogP contribution in [-0.4, -0.2) is 51.9 Å². The molecule has 0 aliphatic rings. The minimum Gasteiger partial charge on any atom is -0.302 e. The largest absolute Gasteiger partial charge is 0.302 e.